The standard InChI is InChI=1S/C19H33N3O/c1-5-21(6-2)13-14-22(15-16(3)4)19(23)12-11-17-9-7-8-10-18(17)20/h7-10,16H,5-6,11-15,20H2,1-4H3. The highest BCUT2D eigenvalue weighted by molar-refractivity contribution is 5.76. The molecular formula is C19H33N3O. The average Bonchev–Trinajstić information content (AvgIpc) is 2.53. The molecule has 0 spiro atoms. The van der Waals surface area contributed by atoms with E-state index in [2.05, 4.69) is 32.6 Å². The van der Waals surface area contributed by atoms with Gasteiger partial charge in [0.2, 0.25) is 5.91 Å². The lowest BCUT2D eigenvalue weighted by Gasteiger charge is -2.28. The van der Waals surface area contributed by atoms with Crippen LogP contribution in [0.5, 0.6) is 0 Å². The summed E-state index contributed by atoms with van der Waals surface area (Å²) in [6, 6.07) is 7.80. The van der Waals surface area contributed by atoms with Gasteiger partial charge in [0.25, 0.3) is 0 Å². The molecule has 0 aromatic heterocycles. The van der Waals surface area contributed by atoms with Gasteiger partial charge in [-0.05, 0) is 37.1 Å². The minimum absolute atomic E-state index is 0.231. The Morgan fingerprint density at radius 1 is 1.13 bits per heavy atom. The van der Waals surface area contributed by atoms with Crippen molar-refractivity contribution in [2.45, 2.75) is 40.5 Å². The number of carbonyl (C=O) groups is 1. The molecule has 1 aromatic carbocycles. The number of aryl methyl sites for hydroxylation is 1. The number of nitrogen functional groups attached to an aromatic ring is 1. The molecule has 4 nitrogen and oxygen atoms in total. The Morgan fingerprint density at radius 3 is 2.35 bits per heavy atom. The molecule has 0 atom stereocenters. The average molecular weight is 319 g/mol. The van der Waals surface area contributed by atoms with E-state index in [0.717, 1.165) is 44.0 Å². The van der Waals surface area contributed by atoms with Gasteiger partial charge in [-0.1, -0.05) is 45.9 Å². The van der Waals surface area contributed by atoms with Gasteiger partial charge in [-0.15, -0.1) is 0 Å². The van der Waals surface area contributed by atoms with Gasteiger partial charge >= 0.3 is 0 Å². The highest BCUT2D eigenvalue weighted by Gasteiger charge is 2.16. The SMILES string of the molecule is CCN(CC)CCN(CC(C)C)C(=O)CCc1ccccc1N. The number of hydrogen-bond donors (Lipinski definition) is 1. The fraction of sp³-hybridized carbons (Fsp3) is 0.632. The Hall–Kier alpha value is -1.55. The van der Waals surface area contributed by atoms with Crippen molar-refractivity contribution < 1.29 is 4.79 Å². The predicted molar refractivity (Wildman–Crippen MR) is 98.4 cm³/mol. The molecule has 0 aliphatic heterocycles. The molecule has 0 heterocycles. The summed E-state index contributed by atoms with van der Waals surface area (Å²) in [5.41, 5.74) is 7.81. The topological polar surface area (TPSA) is 49.6 Å². The van der Waals surface area contributed by atoms with E-state index in [1.807, 2.05) is 29.2 Å². The van der Waals surface area contributed by atoms with Gasteiger partial charge in [-0.3, -0.25) is 4.79 Å². The maximum absolute atomic E-state index is 12.6. The Kier molecular flexibility index (Phi) is 8.70. The van der Waals surface area contributed by atoms with Crippen molar-refractivity contribution in [2.75, 3.05) is 38.5 Å². The summed E-state index contributed by atoms with van der Waals surface area (Å²) < 4.78 is 0. The lowest BCUT2D eigenvalue weighted by molar-refractivity contribution is -0.131. The summed E-state index contributed by atoms with van der Waals surface area (Å²) in [4.78, 5) is 17.0. The molecule has 1 amide bonds. The summed E-state index contributed by atoms with van der Waals surface area (Å²) >= 11 is 0. The molecule has 0 radical (unpaired) electrons. The Labute approximate surface area is 141 Å². The summed E-state index contributed by atoms with van der Waals surface area (Å²) in [5, 5.41) is 0. The number of anilines is 1. The number of nitrogens with two attached hydrogens (primary N) is 1. The van der Waals surface area contributed by atoms with E-state index in [0.29, 0.717) is 18.8 Å². The summed E-state index contributed by atoms with van der Waals surface area (Å²) in [5.74, 6) is 0.714. The van der Waals surface area contributed by atoms with Crippen LogP contribution in [-0.2, 0) is 11.2 Å². The van der Waals surface area contributed by atoms with Crippen LogP contribution in [0.2, 0.25) is 0 Å². The van der Waals surface area contributed by atoms with Gasteiger partial charge in [0.05, 0.1) is 0 Å². The molecule has 130 valence electrons. The van der Waals surface area contributed by atoms with E-state index in [-0.39, 0.29) is 5.91 Å². The third kappa shape index (κ3) is 7.04. The summed E-state index contributed by atoms with van der Waals surface area (Å²) in [6.07, 6.45) is 1.24. The maximum Gasteiger partial charge on any atom is 0.222 e. The molecule has 0 aliphatic rings. The summed E-state index contributed by atoms with van der Waals surface area (Å²) in [6.45, 7) is 13.3. The van der Waals surface area contributed by atoms with Crippen LogP contribution in [0.3, 0.4) is 0 Å². The second-order valence-corrected chi connectivity index (χ2v) is 6.46. The molecule has 1 rings (SSSR count). The van der Waals surface area contributed by atoms with Crippen LogP contribution in [-0.4, -0.2) is 48.4 Å². The molecule has 0 fully saturated rings. The Balaban J connectivity index is 2.59. The van der Waals surface area contributed by atoms with Crippen LogP contribution in [0.1, 0.15) is 39.7 Å². The number of amides is 1. The molecule has 0 saturated heterocycles. The quantitative estimate of drug-likeness (QED) is 0.674. The van der Waals surface area contributed by atoms with Crippen LogP contribution >= 0.6 is 0 Å². The zero-order chi connectivity index (χ0) is 17.2. The van der Waals surface area contributed by atoms with E-state index in [1.165, 1.54) is 0 Å². The molecule has 4 heteroatoms. The van der Waals surface area contributed by atoms with E-state index in [4.69, 9.17) is 5.73 Å². The molecule has 0 bridgehead atoms. The molecule has 0 aliphatic carbocycles. The van der Waals surface area contributed by atoms with E-state index >= 15 is 0 Å². The second kappa shape index (κ2) is 10.3. The first-order chi connectivity index (χ1) is 11.0. The van der Waals surface area contributed by atoms with Crippen molar-refractivity contribution >= 4 is 11.6 Å². The minimum atomic E-state index is 0.231. The molecule has 1 aromatic rings. The van der Waals surface area contributed by atoms with Crippen molar-refractivity contribution in [2.24, 2.45) is 5.92 Å². The van der Waals surface area contributed by atoms with Crippen LogP contribution in [0.15, 0.2) is 24.3 Å². The second-order valence-electron chi connectivity index (χ2n) is 6.46. The first-order valence-electron chi connectivity index (χ1n) is 8.81. The lowest BCUT2D eigenvalue weighted by atomic mass is 10.1. The first-order valence-corrected chi connectivity index (χ1v) is 8.81. The lowest BCUT2D eigenvalue weighted by Crippen LogP contribution is -2.40. The van der Waals surface area contributed by atoms with E-state index in [1.54, 1.807) is 0 Å². The van der Waals surface area contributed by atoms with E-state index < -0.39 is 0 Å². The third-order valence-corrected chi connectivity index (χ3v) is 4.18. The maximum atomic E-state index is 12.6. The van der Waals surface area contributed by atoms with Crippen molar-refractivity contribution in [3.8, 4) is 0 Å². The highest BCUT2D eigenvalue weighted by Crippen LogP contribution is 2.14. The zero-order valence-corrected chi connectivity index (χ0v) is 15.2. The van der Waals surface area contributed by atoms with Gasteiger partial charge in [-0.2, -0.15) is 0 Å². The Morgan fingerprint density at radius 2 is 1.78 bits per heavy atom. The smallest absolute Gasteiger partial charge is 0.222 e. The largest absolute Gasteiger partial charge is 0.399 e. The number of nitrogens with zero attached hydrogens (tertiary/aromatic N) is 2. The number of carbonyl (C=O) groups excluding carboxylic acids is 1. The number of benzene rings is 1. The van der Waals surface area contributed by atoms with E-state index in [9.17, 15) is 4.79 Å². The monoisotopic (exact) mass is 319 g/mol. The van der Waals surface area contributed by atoms with Gasteiger partial charge in [0, 0.05) is 31.7 Å². The number of likely N-dealkylation sites (N-methyl/N-ethyl adjacent to an activating group) is 1. The van der Waals surface area contributed by atoms with Crippen LogP contribution < -0.4 is 5.73 Å². The number of rotatable bonds is 10. The molecule has 0 saturated carbocycles. The highest BCUT2D eigenvalue weighted by atomic mass is 16.2. The van der Waals surface area contributed by atoms with Crippen LogP contribution in [0, 0.1) is 5.92 Å². The van der Waals surface area contributed by atoms with Crippen molar-refractivity contribution in [3.63, 3.8) is 0 Å². The fourth-order valence-electron chi connectivity index (χ4n) is 2.72. The van der Waals surface area contributed by atoms with Gasteiger partial charge in [0.15, 0.2) is 0 Å². The predicted octanol–water partition coefficient (Wildman–Crippen LogP) is 3.03. The third-order valence-electron chi connectivity index (χ3n) is 4.18. The van der Waals surface area contributed by atoms with Crippen molar-refractivity contribution in [3.05, 3.63) is 29.8 Å². The normalized spacial score (nSPS) is 11.2. The Bertz CT molecular complexity index is 469. The summed E-state index contributed by atoms with van der Waals surface area (Å²) in [7, 11) is 0. The van der Waals surface area contributed by atoms with Crippen molar-refractivity contribution in [1.82, 2.24) is 9.80 Å². The van der Waals surface area contributed by atoms with Crippen LogP contribution in [0.4, 0.5) is 5.69 Å². The molecule has 23 heavy (non-hydrogen) atoms. The molecule has 0 unspecified atom stereocenters. The van der Waals surface area contributed by atoms with Crippen LogP contribution in [0.25, 0.3) is 0 Å². The van der Waals surface area contributed by atoms with Gasteiger partial charge in [0.1, 0.15) is 0 Å². The zero-order valence-electron chi connectivity index (χ0n) is 15.2. The minimum Gasteiger partial charge on any atom is -0.399 e. The number of para-hydroxylation sites is 1. The number of hydrogen-bond acceptors (Lipinski definition) is 3. The van der Waals surface area contributed by atoms with Gasteiger partial charge in [-0.25, -0.2) is 0 Å². The molecule has 2 N–H and O–H groups in total. The van der Waals surface area contributed by atoms with Gasteiger partial charge < -0.3 is 15.5 Å². The van der Waals surface area contributed by atoms with Crippen molar-refractivity contribution in [1.29, 1.82) is 0 Å². The fourth-order valence-corrected chi connectivity index (χ4v) is 2.72. The molecular weight excluding hydrogens is 286 g/mol. The first kappa shape index (κ1) is 19.5.